The summed E-state index contributed by atoms with van der Waals surface area (Å²) in [5.41, 5.74) is 1.13. The van der Waals surface area contributed by atoms with E-state index in [-0.39, 0.29) is 30.4 Å². The van der Waals surface area contributed by atoms with E-state index < -0.39 is 0 Å². The van der Waals surface area contributed by atoms with Gasteiger partial charge in [-0.15, -0.1) is 11.3 Å². The Morgan fingerprint density at radius 2 is 1.97 bits per heavy atom. The summed E-state index contributed by atoms with van der Waals surface area (Å²) < 4.78 is 11.5. The molecule has 0 N–H and O–H groups in total. The lowest BCUT2D eigenvalue weighted by Crippen LogP contribution is -2.49. The first-order valence-electron chi connectivity index (χ1n) is 10.4. The fourth-order valence-corrected chi connectivity index (χ4v) is 4.71. The minimum atomic E-state index is -0.192. The lowest BCUT2D eigenvalue weighted by Gasteiger charge is -2.37. The average Bonchev–Trinajstić information content (AvgIpc) is 3.24. The van der Waals surface area contributed by atoms with Crippen LogP contribution in [0.4, 0.5) is 0 Å². The maximum atomic E-state index is 13.3. The lowest BCUT2D eigenvalue weighted by molar-refractivity contribution is -0.144. The van der Waals surface area contributed by atoms with Crippen molar-refractivity contribution in [3.8, 4) is 11.5 Å². The summed E-state index contributed by atoms with van der Waals surface area (Å²) in [5.74, 6) is 1.26. The van der Waals surface area contributed by atoms with E-state index in [0.717, 1.165) is 12.0 Å². The zero-order chi connectivity index (χ0) is 21.7. The normalized spacial score (nSPS) is 15.6. The van der Waals surface area contributed by atoms with Crippen LogP contribution in [0.1, 0.15) is 43.7 Å². The maximum Gasteiger partial charge on any atom is 0.242 e. The SMILES string of the molecule is CCC(=O)N(CC(=O)N1CCc2sccc2C1COc1ccccc1OC)C(C)C. The Morgan fingerprint density at radius 1 is 1.23 bits per heavy atom. The van der Waals surface area contributed by atoms with Crippen molar-refractivity contribution in [3.63, 3.8) is 0 Å². The fraction of sp³-hybridized carbons (Fsp3) is 0.478. The van der Waals surface area contributed by atoms with E-state index in [1.54, 1.807) is 23.3 Å². The van der Waals surface area contributed by atoms with E-state index >= 15 is 0 Å². The van der Waals surface area contributed by atoms with Crippen LogP contribution >= 0.6 is 11.3 Å². The molecule has 1 aromatic heterocycles. The summed E-state index contributed by atoms with van der Waals surface area (Å²) in [7, 11) is 1.61. The second-order valence-corrected chi connectivity index (χ2v) is 8.58. The highest BCUT2D eigenvalue weighted by Gasteiger charge is 2.33. The first-order chi connectivity index (χ1) is 14.5. The number of thiophene rings is 1. The Bertz CT molecular complexity index is 880. The van der Waals surface area contributed by atoms with Gasteiger partial charge in [-0.1, -0.05) is 19.1 Å². The summed E-state index contributed by atoms with van der Waals surface area (Å²) in [6.45, 7) is 6.75. The Morgan fingerprint density at radius 3 is 2.63 bits per heavy atom. The predicted molar refractivity (Wildman–Crippen MR) is 118 cm³/mol. The molecule has 0 saturated heterocycles. The van der Waals surface area contributed by atoms with Crippen LogP contribution in [0.2, 0.25) is 0 Å². The highest BCUT2D eigenvalue weighted by molar-refractivity contribution is 7.10. The van der Waals surface area contributed by atoms with Crippen LogP contribution in [-0.2, 0) is 16.0 Å². The molecule has 2 amide bonds. The first kappa shape index (κ1) is 22.2. The first-order valence-corrected chi connectivity index (χ1v) is 11.2. The molecule has 1 unspecified atom stereocenters. The number of benzene rings is 1. The van der Waals surface area contributed by atoms with E-state index in [9.17, 15) is 9.59 Å². The Kier molecular flexibility index (Phi) is 7.37. The monoisotopic (exact) mass is 430 g/mol. The molecule has 30 heavy (non-hydrogen) atoms. The largest absolute Gasteiger partial charge is 0.493 e. The second-order valence-electron chi connectivity index (χ2n) is 7.58. The average molecular weight is 431 g/mol. The van der Waals surface area contributed by atoms with Gasteiger partial charge in [0.25, 0.3) is 0 Å². The van der Waals surface area contributed by atoms with Gasteiger partial charge in [-0.05, 0) is 49.4 Å². The highest BCUT2D eigenvalue weighted by Crippen LogP contribution is 2.35. The molecule has 3 rings (SSSR count). The van der Waals surface area contributed by atoms with Gasteiger partial charge in [0, 0.05) is 23.9 Å². The molecule has 0 fully saturated rings. The number of ether oxygens (including phenoxy) is 2. The van der Waals surface area contributed by atoms with Gasteiger partial charge in [-0.2, -0.15) is 0 Å². The summed E-state index contributed by atoms with van der Waals surface area (Å²) in [6.07, 6.45) is 1.22. The van der Waals surface area contributed by atoms with E-state index in [4.69, 9.17) is 9.47 Å². The number of nitrogens with zero attached hydrogens (tertiary/aromatic N) is 2. The zero-order valence-corrected chi connectivity index (χ0v) is 18.9. The van der Waals surface area contributed by atoms with Crippen molar-refractivity contribution < 1.29 is 19.1 Å². The Labute approximate surface area is 182 Å². The minimum absolute atomic E-state index is 0.00611. The predicted octanol–water partition coefficient (Wildman–Crippen LogP) is 3.91. The molecule has 162 valence electrons. The Hall–Kier alpha value is -2.54. The number of rotatable bonds is 8. The standard InChI is InChI=1S/C23H30N2O4S/c1-5-22(26)25(16(2)3)14-23(27)24-12-10-21-17(11-13-30-21)18(24)15-29-20-9-7-6-8-19(20)28-4/h6-9,11,13,16,18H,5,10,12,14-15H2,1-4H3. The number of hydrogen-bond donors (Lipinski definition) is 0. The van der Waals surface area contributed by atoms with Gasteiger partial charge < -0.3 is 19.3 Å². The zero-order valence-electron chi connectivity index (χ0n) is 18.1. The van der Waals surface area contributed by atoms with Crippen molar-refractivity contribution in [2.24, 2.45) is 0 Å². The molecule has 1 aliphatic rings. The molecule has 0 aliphatic carbocycles. The minimum Gasteiger partial charge on any atom is -0.493 e. The highest BCUT2D eigenvalue weighted by atomic mass is 32.1. The molecule has 0 radical (unpaired) electrons. The molecule has 1 aliphatic heterocycles. The number of hydrogen-bond acceptors (Lipinski definition) is 5. The van der Waals surface area contributed by atoms with Crippen molar-refractivity contribution in [1.82, 2.24) is 9.80 Å². The van der Waals surface area contributed by atoms with Crippen LogP contribution in [0.3, 0.4) is 0 Å². The van der Waals surface area contributed by atoms with E-state index in [2.05, 4.69) is 11.4 Å². The third-order valence-corrected chi connectivity index (χ3v) is 6.43. The van der Waals surface area contributed by atoms with Crippen molar-refractivity contribution in [1.29, 1.82) is 0 Å². The number of para-hydroxylation sites is 2. The number of methoxy groups -OCH3 is 1. The van der Waals surface area contributed by atoms with Crippen molar-refractivity contribution in [3.05, 3.63) is 46.2 Å². The van der Waals surface area contributed by atoms with E-state index in [1.165, 1.54) is 4.88 Å². The second kappa shape index (κ2) is 9.98. The molecule has 2 aromatic rings. The van der Waals surface area contributed by atoms with Gasteiger partial charge >= 0.3 is 0 Å². The van der Waals surface area contributed by atoms with E-state index in [1.807, 2.05) is 49.9 Å². The van der Waals surface area contributed by atoms with Crippen LogP contribution in [0.15, 0.2) is 35.7 Å². The fourth-order valence-electron chi connectivity index (χ4n) is 3.78. The van der Waals surface area contributed by atoms with Crippen LogP contribution in [-0.4, -0.2) is 54.5 Å². The molecular weight excluding hydrogens is 400 g/mol. The smallest absolute Gasteiger partial charge is 0.242 e. The van der Waals surface area contributed by atoms with Crippen LogP contribution in [0.5, 0.6) is 11.5 Å². The van der Waals surface area contributed by atoms with Crippen molar-refractivity contribution in [2.45, 2.75) is 45.7 Å². The van der Waals surface area contributed by atoms with Crippen LogP contribution in [0.25, 0.3) is 0 Å². The topological polar surface area (TPSA) is 59.1 Å². The Balaban J connectivity index is 1.80. The molecule has 0 saturated carbocycles. The molecule has 7 heteroatoms. The number of fused-ring (bicyclic) bond motifs is 1. The number of carbonyl (C=O) groups excluding carboxylic acids is 2. The van der Waals surface area contributed by atoms with Crippen LogP contribution < -0.4 is 9.47 Å². The van der Waals surface area contributed by atoms with Gasteiger partial charge in [0.1, 0.15) is 6.61 Å². The molecule has 1 atom stereocenters. The summed E-state index contributed by atoms with van der Waals surface area (Å²) >= 11 is 1.72. The quantitative estimate of drug-likeness (QED) is 0.637. The van der Waals surface area contributed by atoms with Gasteiger partial charge in [0.2, 0.25) is 11.8 Å². The van der Waals surface area contributed by atoms with Gasteiger partial charge in [-0.3, -0.25) is 9.59 Å². The number of carbonyl (C=O) groups is 2. The molecule has 2 heterocycles. The number of amides is 2. The third kappa shape index (κ3) is 4.78. The maximum absolute atomic E-state index is 13.3. The molecule has 0 spiro atoms. The lowest BCUT2D eigenvalue weighted by atomic mass is 10.00. The summed E-state index contributed by atoms with van der Waals surface area (Å²) in [5, 5.41) is 2.07. The molecule has 1 aromatic carbocycles. The van der Waals surface area contributed by atoms with Crippen molar-refractivity contribution >= 4 is 23.2 Å². The third-order valence-electron chi connectivity index (χ3n) is 5.43. The van der Waals surface area contributed by atoms with Crippen LogP contribution in [0, 0.1) is 0 Å². The van der Waals surface area contributed by atoms with Gasteiger partial charge in [0.15, 0.2) is 11.5 Å². The molecular formula is C23H30N2O4S. The van der Waals surface area contributed by atoms with E-state index in [0.29, 0.717) is 31.1 Å². The van der Waals surface area contributed by atoms with Gasteiger partial charge in [-0.25, -0.2) is 0 Å². The summed E-state index contributed by atoms with van der Waals surface area (Å²) in [6, 6.07) is 9.37. The van der Waals surface area contributed by atoms with Gasteiger partial charge in [0.05, 0.1) is 19.7 Å². The summed E-state index contributed by atoms with van der Waals surface area (Å²) in [4.78, 5) is 30.4. The molecule has 0 bridgehead atoms. The molecule has 6 nitrogen and oxygen atoms in total. The van der Waals surface area contributed by atoms with Crippen molar-refractivity contribution in [2.75, 3.05) is 26.8 Å².